The molecule has 7 nitrogen and oxygen atoms in total. The summed E-state index contributed by atoms with van der Waals surface area (Å²) < 4.78 is 5.47. The van der Waals surface area contributed by atoms with Gasteiger partial charge >= 0.3 is 0 Å². The normalized spacial score (nSPS) is 10.0. The SMILES string of the molecule is CC(=O)NCCC(=O)NNC(=O)c1ccc(OC(C)C)cc1. The maximum Gasteiger partial charge on any atom is 0.269 e. The van der Waals surface area contributed by atoms with E-state index in [1.807, 2.05) is 13.8 Å². The van der Waals surface area contributed by atoms with E-state index >= 15 is 0 Å². The highest BCUT2D eigenvalue weighted by Gasteiger charge is 2.08. The molecule has 0 saturated heterocycles. The summed E-state index contributed by atoms with van der Waals surface area (Å²) >= 11 is 0. The number of carbonyl (C=O) groups excluding carboxylic acids is 3. The summed E-state index contributed by atoms with van der Waals surface area (Å²) in [6, 6.07) is 6.59. The van der Waals surface area contributed by atoms with E-state index in [4.69, 9.17) is 4.74 Å². The Labute approximate surface area is 129 Å². The number of ether oxygens (including phenoxy) is 1. The van der Waals surface area contributed by atoms with Gasteiger partial charge in [-0.15, -0.1) is 0 Å². The highest BCUT2D eigenvalue weighted by molar-refractivity contribution is 5.95. The maximum atomic E-state index is 11.8. The van der Waals surface area contributed by atoms with E-state index in [9.17, 15) is 14.4 Å². The predicted octanol–water partition coefficient (Wildman–Crippen LogP) is 0.761. The van der Waals surface area contributed by atoms with Crippen molar-refractivity contribution >= 4 is 17.7 Å². The average molecular weight is 307 g/mol. The highest BCUT2D eigenvalue weighted by atomic mass is 16.5. The molecule has 3 amide bonds. The van der Waals surface area contributed by atoms with Crippen molar-refractivity contribution in [3.05, 3.63) is 29.8 Å². The number of amides is 3. The number of benzene rings is 1. The smallest absolute Gasteiger partial charge is 0.269 e. The molecule has 0 atom stereocenters. The fraction of sp³-hybridized carbons (Fsp3) is 0.400. The van der Waals surface area contributed by atoms with Crippen LogP contribution < -0.4 is 20.9 Å². The first-order valence-electron chi connectivity index (χ1n) is 6.99. The largest absolute Gasteiger partial charge is 0.491 e. The van der Waals surface area contributed by atoms with Gasteiger partial charge in [-0.1, -0.05) is 0 Å². The van der Waals surface area contributed by atoms with Crippen molar-refractivity contribution in [2.24, 2.45) is 0 Å². The molecule has 7 heteroatoms. The summed E-state index contributed by atoms with van der Waals surface area (Å²) in [4.78, 5) is 33.9. The monoisotopic (exact) mass is 307 g/mol. The molecule has 3 N–H and O–H groups in total. The average Bonchev–Trinajstić information content (AvgIpc) is 2.44. The van der Waals surface area contributed by atoms with Gasteiger partial charge in [-0.25, -0.2) is 0 Å². The van der Waals surface area contributed by atoms with Gasteiger partial charge in [-0.2, -0.15) is 0 Å². The molecule has 1 aromatic rings. The van der Waals surface area contributed by atoms with Crippen LogP contribution in [0.2, 0.25) is 0 Å². The minimum atomic E-state index is -0.427. The van der Waals surface area contributed by atoms with Crippen molar-refractivity contribution in [1.29, 1.82) is 0 Å². The molecule has 0 aliphatic carbocycles. The number of hydrazine groups is 1. The number of rotatable bonds is 6. The predicted molar refractivity (Wildman–Crippen MR) is 81.1 cm³/mol. The first-order valence-corrected chi connectivity index (χ1v) is 6.99. The van der Waals surface area contributed by atoms with Crippen LogP contribution in [0.25, 0.3) is 0 Å². The molecule has 120 valence electrons. The Morgan fingerprint density at radius 3 is 2.27 bits per heavy atom. The van der Waals surface area contributed by atoms with Gasteiger partial charge in [-0.3, -0.25) is 25.2 Å². The third-order valence-electron chi connectivity index (χ3n) is 2.53. The lowest BCUT2D eigenvalue weighted by atomic mass is 10.2. The Hall–Kier alpha value is -2.57. The van der Waals surface area contributed by atoms with E-state index in [0.717, 1.165) is 0 Å². The second kappa shape index (κ2) is 8.66. The second-order valence-corrected chi connectivity index (χ2v) is 4.93. The third kappa shape index (κ3) is 6.74. The summed E-state index contributed by atoms with van der Waals surface area (Å²) in [7, 11) is 0. The molecule has 0 heterocycles. The van der Waals surface area contributed by atoms with Crippen LogP contribution in [-0.2, 0) is 9.59 Å². The van der Waals surface area contributed by atoms with Crippen LogP contribution in [0.1, 0.15) is 37.6 Å². The molecule has 0 aromatic heterocycles. The second-order valence-electron chi connectivity index (χ2n) is 4.93. The molecule has 0 aliphatic heterocycles. The lowest BCUT2D eigenvalue weighted by Gasteiger charge is -2.10. The molecule has 1 rings (SSSR count). The van der Waals surface area contributed by atoms with Crippen LogP contribution in [-0.4, -0.2) is 30.4 Å². The fourth-order valence-corrected chi connectivity index (χ4v) is 1.57. The number of nitrogens with one attached hydrogen (secondary N) is 3. The van der Waals surface area contributed by atoms with Crippen molar-refractivity contribution in [3.63, 3.8) is 0 Å². The molecule has 0 radical (unpaired) electrons. The quantitative estimate of drug-likeness (QED) is 0.676. The van der Waals surface area contributed by atoms with Gasteiger partial charge in [-0.05, 0) is 38.1 Å². The van der Waals surface area contributed by atoms with E-state index in [2.05, 4.69) is 16.2 Å². The molecular formula is C15H21N3O4. The van der Waals surface area contributed by atoms with Crippen molar-refractivity contribution < 1.29 is 19.1 Å². The van der Waals surface area contributed by atoms with E-state index in [-0.39, 0.29) is 30.9 Å². The van der Waals surface area contributed by atoms with Gasteiger partial charge in [0.25, 0.3) is 5.91 Å². The first-order chi connectivity index (χ1) is 10.4. The highest BCUT2D eigenvalue weighted by Crippen LogP contribution is 2.13. The van der Waals surface area contributed by atoms with Crippen molar-refractivity contribution in [2.75, 3.05) is 6.54 Å². The van der Waals surface area contributed by atoms with Crippen LogP contribution in [0.5, 0.6) is 5.75 Å². The van der Waals surface area contributed by atoms with E-state index in [1.54, 1.807) is 24.3 Å². The molecule has 0 saturated carbocycles. The Balaban J connectivity index is 2.38. The summed E-state index contributed by atoms with van der Waals surface area (Å²) in [6.45, 7) is 5.42. The van der Waals surface area contributed by atoms with Gasteiger partial charge in [0.2, 0.25) is 11.8 Å². The van der Waals surface area contributed by atoms with Gasteiger partial charge in [0, 0.05) is 25.5 Å². The lowest BCUT2D eigenvalue weighted by molar-refractivity contribution is -0.122. The van der Waals surface area contributed by atoms with E-state index in [0.29, 0.717) is 11.3 Å². The zero-order valence-electron chi connectivity index (χ0n) is 12.9. The van der Waals surface area contributed by atoms with Crippen molar-refractivity contribution in [3.8, 4) is 5.75 Å². The maximum absolute atomic E-state index is 11.8. The number of hydrogen-bond acceptors (Lipinski definition) is 4. The number of hydrogen-bond donors (Lipinski definition) is 3. The molecule has 0 fully saturated rings. The standard InChI is InChI=1S/C15H21N3O4/c1-10(2)22-13-6-4-12(5-7-13)15(21)18-17-14(20)8-9-16-11(3)19/h4-7,10H,8-9H2,1-3H3,(H,16,19)(H,17,20)(H,18,21). The topological polar surface area (TPSA) is 96.5 Å². The van der Waals surface area contributed by atoms with Crippen molar-refractivity contribution in [1.82, 2.24) is 16.2 Å². The van der Waals surface area contributed by atoms with Crippen LogP contribution in [0, 0.1) is 0 Å². The molecule has 22 heavy (non-hydrogen) atoms. The van der Waals surface area contributed by atoms with Crippen LogP contribution in [0.3, 0.4) is 0 Å². The van der Waals surface area contributed by atoms with Gasteiger partial charge in [0.15, 0.2) is 0 Å². The molecular weight excluding hydrogens is 286 g/mol. The fourth-order valence-electron chi connectivity index (χ4n) is 1.57. The minimum Gasteiger partial charge on any atom is -0.491 e. The van der Waals surface area contributed by atoms with Crippen LogP contribution in [0.4, 0.5) is 0 Å². The summed E-state index contributed by atoms with van der Waals surface area (Å²) in [5.41, 5.74) is 4.99. The van der Waals surface area contributed by atoms with E-state index in [1.165, 1.54) is 6.92 Å². The zero-order chi connectivity index (χ0) is 16.5. The van der Waals surface area contributed by atoms with Gasteiger partial charge in [0.05, 0.1) is 6.10 Å². The summed E-state index contributed by atoms with van der Waals surface area (Å²) in [5, 5.41) is 2.49. The Morgan fingerprint density at radius 1 is 1.09 bits per heavy atom. The van der Waals surface area contributed by atoms with E-state index < -0.39 is 5.91 Å². The van der Waals surface area contributed by atoms with Crippen LogP contribution >= 0.6 is 0 Å². The summed E-state index contributed by atoms with van der Waals surface area (Å²) in [6.07, 6.45) is 0.142. The molecule has 0 bridgehead atoms. The molecule has 0 unspecified atom stereocenters. The lowest BCUT2D eigenvalue weighted by Crippen LogP contribution is -2.42. The number of carbonyl (C=O) groups is 3. The van der Waals surface area contributed by atoms with Gasteiger partial charge in [0.1, 0.15) is 5.75 Å². The van der Waals surface area contributed by atoms with Crippen molar-refractivity contribution in [2.45, 2.75) is 33.3 Å². The molecule has 0 aliphatic rings. The Kier molecular flexibility index (Phi) is 6.88. The van der Waals surface area contributed by atoms with Gasteiger partial charge < -0.3 is 10.1 Å². The summed E-state index contributed by atoms with van der Waals surface area (Å²) in [5.74, 6) is -0.350. The van der Waals surface area contributed by atoms with Crippen LogP contribution in [0.15, 0.2) is 24.3 Å². The minimum absolute atomic E-state index is 0.0579. The first kappa shape index (κ1) is 17.5. The zero-order valence-corrected chi connectivity index (χ0v) is 12.9. The Bertz CT molecular complexity index is 526. The molecule has 1 aromatic carbocycles. The Morgan fingerprint density at radius 2 is 1.73 bits per heavy atom. The molecule has 0 spiro atoms. The third-order valence-corrected chi connectivity index (χ3v) is 2.53.